The monoisotopic (exact) mass is 152 g/mol. The minimum Gasteiger partial charge on any atom is -1.00 e. The van der Waals surface area contributed by atoms with Gasteiger partial charge in [-0.3, -0.25) is 4.79 Å². The number of unbranched alkanes of at least 4 members (excludes halogenated alkanes) is 2. The predicted molar refractivity (Wildman–Crippen MR) is 37.4 cm³/mol. The van der Waals surface area contributed by atoms with Crippen molar-refractivity contribution in [1.82, 2.24) is 0 Å². The fraction of sp³-hybridized carbons (Fsp3) is 0.571. The fourth-order valence-corrected chi connectivity index (χ4v) is 0.565. The Bertz CT molecular complexity index is 107. The van der Waals surface area contributed by atoms with Crippen LogP contribution in [-0.2, 0) is 4.79 Å². The molecule has 0 atom stereocenters. The van der Waals surface area contributed by atoms with Crippen molar-refractivity contribution in [2.45, 2.75) is 25.7 Å². The van der Waals surface area contributed by atoms with Crippen molar-refractivity contribution in [2.24, 2.45) is 0 Å². The molecule has 0 spiro atoms. The maximum Gasteiger partial charge on any atom is 1.00 e. The Kier molecular flexibility index (Phi) is 11.8. The molecule has 0 saturated carbocycles. The summed E-state index contributed by atoms with van der Waals surface area (Å²) in [5.41, 5.74) is 0. The molecule has 0 radical (unpaired) electrons. The third kappa shape index (κ3) is 11.1. The summed E-state index contributed by atoms with van der Waals surface area (Å²) in [5.74, 6) is -0.709. The Morgan fingerprint density at radius 3 is 2.60 bits per heavy atom. The molecule has 54 valence electrons. The van der Waals surface area contributed by atoms with Gasteiger partial charge < -0.3 is 6.53 Å². The number of carbonyl (C=O) groups is 1. The van der Waals surface area contributed by atoms with Gasteiger partial charge in [-0.1, -0.05) is 6.08 Å². The third-order valence-electron chi connectivity index (χ3n) is 1.05. The Labute approximate surface area is 85.1 Å². The van der Waals surface area contributed by atoms with Crippen molar-refractivity contribution < 1.29 is 40.9 Å². The Morgan fingerprint density at radius 1 is 1.60 bits per heavy atom. The van der Waals surface area contributed by atoms with E-state index < -0.39 is 5.97 Å². The van der Waals surface area contributed by atoms with Gasteiger partial charge in [-0.15, -0.1) is 6.58 Å². The van der Waals surface area contributed by atoms with Crippen molar-refractivity contribution >= 4 is 5.97 Å². The van der Waals surface area contributed by atoms with E-state index in [1.54, 1.807) is 0 Å². The van der Waals surface area contributed by atoms with Crippen LogP contribution in [0.4, 0.5) is 0 Å². The van der Waals surface area contributed by atoms with Crippen LogP contribution in [0.15, 0.2) is 12.7 Å². The zero-order valence-corrected chi connectivity index (χ0v) is 8.47. The number of aliphatic carboxylic acids is 1. The molecule has 1 N–H and O–H groups in total. The SMILES string of the molecule is C=CCCCCC(=O)O.[H-].[Na+]. The second-order valence-corrected chi connectivity index (χ2v) is 1.93. The van der Waals surface area contributed by atoms with Crippen molar-refractivity contribution in [3.05, 3.63) is 12.7 Å². The van der Waals surface area contributed by atoms with Crippen molar-refractivity contribution in [1.29, 1.82) is 0 Å². The molecule has 0 heterocycles. The Morgan fingerprint density at radius 2 is 2.20 bits per heavy atom. The summed E-state index contributed by atoms with van der Waals surface area (Å²) in [4.78, 5) is 9.94. The number of rotatable bonds is 5. The summed E-state index contributed by atoms with van der Waals surface area (Å²) in [6.45, 7) is 3.53. The van der Waals surface area contributed by atoms with E-state index in [9.17, 15) is 4.79 Å². The van der Waals surface area contributed by atoms with Gasteiger partial charge in [-0.25, -0.2) is 0 Å². The second-order valence-electron chi connectivity index (χ2n) is 1.93. The van der Waals surface area contributed by atoms with Crippen LogP contribution < -0.4 is 29.6 Å². The van der Waals surface area contributed by atoms with E-state index in [-0.39, 0.29) is 37.4 Å². The normalized spacial score (nSPS) is 8.00. The van der Waals surface area contributed by atoms with E-state index >= 15 is 0 Å². The molecular formula is C7H13NaO2. The van der Waals surface area contributed by atoms with Crippen LogP contribution in [0, 0.1) is 0 Å². The average Bonchev–Trinajstić information content (AvgIpc) is 1.80. The fourth-order valence-electron chi connectivity index (χ4n) is 0.565. The minimum atomic E-state index is -0.709. The summed E-state index contributed by atoms with van der Waals surface area (Å²) < 4.78 is 0. The van der Waals surface area contributed by atoms with Gasteiger partial charge >= 0.3 is 35.5 Å². The molecule has 0 fully saturated rings. The summed E-state index contributed by atoms with van der Waals surface area (Å²) >= 11 is 0. The zero-order chi connectivity index (χ0) is 7.11. The topological polar surface area (TPSA) is 37.3 Å². The van der Waals surface area contributed by atoms with Gasteiger partial charge in [-0.2, -0.15) is 0 Å². The summed E-state index contributed by atoms with van der Waals surface area (Å²) in [5, 5.41) is 8.19. The molecule has 2 nitrogen and oxygen atoms in total. The van der Waals surface area contributed by atoms with E-state index in [0.717, 1.165) is 19.3 Å². The first kappa shape index (κ1) is 12.8. The summed E-state index contributed by atoms with van der Waals surface area (Å²) in [6.07, 6.45) is 4.72. The van der Waals surface area contributed by atoms with Crippen LogP contribution >= 0.6 is 0 Å². The number of hydrogen-bond donors (Lipinski definition) is 1. The van der Waals surface area contributed by atoms with Crippen LogP contribution in [0.2, 0.25) is 0 Å². The number of carboxylic acid groups (broad SMARTS) is 1. The zero-order valence-electron chi connectivity index (χ0n) is 7.47. The maximum atomic E-state index is 9.94. The first-order valence-corrected chi connectivity index (χ1v) is 3.10. The minimum absolute atomic E-state index is 0. The Hall–Kier alpha value is 0.210. The smallest absolute Gasteiger partial charge is 1.00 e. The first-order valence-electron chi connectivity index (χ1n) is 3.10. The molecule has 0 unspecified atom stereocenters. The van der Waals surface area contributed by atoms with E-state index in [1.165, 1.54) is 0 Å². The van der Waals surface area contributed by atoms with E-state index in [0.29, 0.717) is 0 Å². The molecule has 0 bridgehead atoms. The van der Waals surface area contributed by atoms with Gasteiger partial charge in [0.05, 0.1) is 0 Å². The Balaban J connectivity index is -0.000000320. The quantitative estimate of drug-likeness (QED) is 0.309. The van der Waals surface area contributed by atoms with Gasteiger partial charge in [0.1, 0.15) is 0 Å². The number of allylic oxidation sites excluding steroid dienone is 1. The molecule has 0 aliphatic heterocycles. The van der Waals surface area contributed by atoms with Crippen LogP contribution in [0.5, 0.6) is 0 Å². The van der Waals surface area contributed by atoms with Crippen molar-refractivity contribution in [3.63, 3.8) is 0 Å². The van der Waals surface area contributed by atoms with Crippen molar-refractivity contribution in [2.75, 3.05) is 0 Å². The molecule has 0 aromatic heterocycles. The van der Waals surface area contributed by atoms with Gasteiger partial charge in [0.2, 0.25) is 0 Å². The molecule has 0 aliphatic rings. The molecule has 0 amide bonds. The molecule has 0 aromatic rings. The molecule has 0 saturated heterocycles. The van der Waals surface area contributed by atoms with Gasteiger partial charge in [0.25, 0.3) is 0 Å². The molecule has 0 rings (SSSR count). The van der Waals surface area contributed by atoms with Crippen LogP contribution in [0.3, 0.4) is 0 Å². The molecular weight excluding hydrogens is 139 g/mol. The third-order valence-corrected chi connectivity index (χ3v) is 1.05. The van der Waals surface area contributed by atoms with Crippen molar-refractivity contribution in [3.8, 4) is 0 Å². The molecule has 0 aromatic carbocycles. The molecule has 0 aliphatic carbocycles. The second kappa shape index (κ2) is 9.21. The van der Waals surface area contributed by atoms with Crippen LogP contribution in [0.25, 0.3) is 0 Å². The van der Waals surface area contributed by atoms with E-state index in [2.05, 4.69) is 6.58 Å². The molecule has 3 heteroatoms. The van der Waals surface area contributed by atoms with Gasteiger partial charge in [0, 0.05) is 6.42 Å². The predicted octanol–water partition coefficient (Wildman–Crippen LogP) is -1.07. The van der Waals surface area contributed by atoms with Crippen LogP contribution in [0.1, 0.15) is 27.1 Å². The number of hydrogen-bond acceptors (Lipinski definition) is 1. The molecule has 10 heavy (non-hydrogen) atoms. The number of carboxylic acids is 1. The standard InChI is InChI=1S/C7H12O2.Na.H/c1-2-3-4-5-6-7(8)9;;/h2H,1,3-6H2,(H,8,9);;/q;+1;-1. The average molecular weight is 152 g/mol. The van der Waals surface area contributed by atoms with Gasteiger partial charge in [0.15, 0.2) is 0 Å². The summed E-state index contributed by atoms with van der Waals surface area (Å²) in [7, 11) is 0. The van der Waals surface area contributed by atoms with Crippen LogP contribution in [-0.4, -0.2) is 11.1 Å². The maximum absolute atomic E-state index is 9.94. The summed E-state index contributed by atoms with van der Waals surface area (Å²) in [6, 6.07) is 0. The van der Waals surface area contributed by atoms with E-state index in [1.807, 2.05) is 6.08 Å². The first-order chi connectivity index (χ1) is 4.27. The van der Waals surface area contributed by atoms with Gasteiger partial charge in [-0.05, 0) is 19.3 Å². The largest absolute Gasteiger partial charge is 1.00 e. The van der Waals surface area contributed by atoms with E-state index in [4.69, 9.17) is 5.11 Å².